The first-order chi connectivity index (χ1) is 7.84. The van der Waals surface area contributed by atoms with Crippen molar-refractivity contribution in [1.29, 1.82) is 0 Å². The van der Waals surface area contributed by atoms with E-state index in [-0.39, 0.29) is 0 Å². The molecule has 96 valence electrons. The molecule has 0 radical (unpaired) electrons. The second-order valence-corrected chi connectivity index (χ2v) is 4.10. The molecule has 1 atom stereocenters. The third-order valence-electron chi connectivity index (χ3n) is 2.33. The van der Waals surface area contributed by atoms with Crippen LogP contribution in [0.3, 0.4) is 0 Å². The quantitative estimate of drug-likeness (QED) is 0.909. The first-order valence-electron chi connectivity index (χ1n) is 5.00. The summed E-state index contributed by atoms with van der Waals surface area (Å²) in [6, 6.07) is 4.70. The van der Waals surface area contributed by atoms with Crippen LogP contribution in [0.2, 0.25) is 5.02 Å². The van der Waals surface area contributed by atoms with E-state index in [0.717, 1.165) is 5.56 Å². The van der Waals surface area contributed by atoms with E-state index in [9.17, 15) is 13.2 Å². The largest absolute Gasteiger partial charge is 0.493 e. The van der Waals surface area contributed by atoms with Gasteiger partial charge in [0.25, 0.3) is 0 Å². The fraction of sp³-hybridized carbons (Fsp3) is 0.455. The van der Waals surface area contributed by atoms with Gasteiger partial charge >= 0.3 is 6.18 Å². The molecule has 6 heteroatoms. The molecule has 1 unspecified atom stereocenters. The van der Waals surface area contributed by atoms with E-state index in [1.54, 1.807) is 19.1 Å². The van der Waals surface area contributed by atoms with Crippen molar-refractivity contribution in [3.8, 4) is 5.75 Å². The monoisotopic (exact) mass is 267 g/mol. The molecule has 2 nitrogen and oxygen atoms in total. The molecule has 0 aliphatic heterocycles. The van der Waals surface area contributed by atoms with Crippen LogP contribution in [0.15, 0.2) is 18.2 Å². The highest BCUT2D eigenvalue weighted by molar-refractivity contribution is 6.31. The second kappa shape index (κ2) is 5.60. The van der Waals surface area contributed by atoms with Gasteiger partial charge in [-0.3, -0.25) is 0 Å². The van der Waals surface area contributed by atoms with E-state index < -0.39 is 25.2 Å². The van der Waals surface area contributed by atoms with Gasteiger partial charge in [-0.1, -0.05) is 11.6 Å². The Kier molecular flexibility index (Phi) is 4.65. The molecule has 1 aromatic rings. The first-order valence-corrected chi connectivity index (χ1v) is 5.38. The van der Waals surface area contributed by atoms with Gasteiger partial charge in [0.1, 0.15) is 18.3 Å². The minimum Gasteiger partial charge on any atom is -0.493 e. The summed E-state index contributed by atoms with van der Waals surface area (Å²) in [4.78, 5) is 0. The predicted molar refractivity (Wildman–Crippen MR) is 60.3 cm³/mol. The number of hydrogen-bond acceptors (Lipinski definition) is 2. The molecule has 1 rings (SSSR count). The fourth-order valence-corrected chi connectivity index (χ4v) is 1.32. The van der Waals surface area contributed by atoms with E-state index in [0.29, 0.717) is 10.8 Å². The third-order valence-corrected chi connectivity index (χ3v) is 2.75. The molecule has 0 saturated heterocycles. The SMILES string of the molecule is Cc1cc(OCC(CN)C(F)(F)F)ccc1Cl. The molecule has 0 aromatic heterocycles. The van der Waals surface area contributed by atoms with Gasteiger partial charge in [0.15, 0.2) is 0 Å². The summed E-state index contributed by atoms with van der Waals surface area (Å²) >= 11 is 5.79. The number of hydrogen-bond donors (Lipinski definition) is 1. The second-order valence-electron chi connectivity index (χ2n) is 3.70. The van der Waals surface area contributed by atoms with Crippen molar-refractivity contribution in [2.24, 2.45) is 11.7 Å². The van der Waals surface area contributed by atoms with Gasteiger partial charge in [-0.15, -0.1) is 0 Å². The Morgan fingerprint density at radius 3 is 2.53 bits per heavy atom. The van der Waals surface area contributed by atoms with E-state index in [1.165, 1.54) is 6.07 Å². The van der Waals surface area contributed by atoms with E-state index in [4.69, 9.17) is 22.1 Å². The lowest BCUT2D eigenvalue weighted by atomic mass is 10.1. The standard InChI is InChI=1S/C11H13ClF3NO/c1-7-4-9(2-3-10(7)12)17-6-8(5-16)11(13,14)15/h2-4,8H,5-6,16H2,1H3. The molecule has 0 heterocycles. The molecule has 0 aliphatic rings. The molecule has 0 bridgehead atoms. The van der Waals surface area contributed by atoms with E-state index >= 15 is 0 Å². The van der Waals surface area contributed by atoms with Gasteiger partial charge in [-0.2, -0.15) is 13.2 Å². The van der Waals surface area contributed by atoms with Crippen molar-refractivity contribution < 1.29 is 17.9 Å². The van der Waals surface area contributed by atoms with Crippen LogP contribution in [-0.2, 0) is 0 Å². The molecule has 0 fully saturated rings. The predicted octanol–water partition coefficient (Wildman–Crippen LogP) is 3.16. The Bertz CT molecular complexity index is 381. The van der Waals surface area contributed by atoms with Gasteiger partial charge < -0.3 is 10.5 Å². The molecule has 0 aliphatic carbocycles. The Labute approximate surface area is 103 Å². The number of benzene rings is 1. The maximum absolute atomic E-state index is 12.4. The Balaban J connectivity index is 2.63. The Morgan fingerprint density at radius 1 is 1.41 bits per heavy atom. The molecule has 1 aromatic carbocycles. The lowest BCUT2D eigenvalue weighted by Crippen LogP contribution is -2.35. The van der Waals surface area contributed by atoms with Crippen LogP contribution < -0.4 is 10.5 Å². The first kappa shape index (κ1) is 14.1. The van der Waals surface area contributed by atoms with E-state index in [1.807, 2.05) is 0 Å². The van der Waals surface area contributed by atoms with Crippen LogP contribution in [-0.4, -0.2) is 19.3 Å². The summed E-state index contributed by atoms with van der Waals surface area (Å²) in [5.74, 6) is -1.30. The van der Waals surface area contributed by atoms with Crippen LogP contribution in [0.25, 0.3) is 0 Å². The number of nitrogens with two attached hydrogens (primary N) is 1. The number of aryl methyl sites for hydroxylation is 1. The number of ether oxygens (including phenoxy) is 1. The van der Waals surface area contributed by atoms with Crippen LogP contribution in [0.1, 0.15) is 5.56 Å². The molecular weight excluding hydrogens is 255 g/mol. The average molecular weight is 268 g/mol. The molecular formula is C11H13ClF3NO. The number of halogens is 4. The van der Waals surface area contributed by atoms with Gasteiger partial charge in [0.2, 0.25) is 0 Å². The van der Waals surface area contributed by atoms with Gasteiger partial charge in [-0.05, 0) is 30.7 Å². The third kappa shape index (κ3) is 4.09. The molecule has 0 spiro atoms. The Morgan fingerprint density at radius 2 is 2.06 bits per heavy atom. The number of rotatable bonds is 4. The zero-order valence-corrected chi connectivity index (χ0v) is 9.98. The maximum Gasteiger partial charge on any atom is 0.396 e. The van der Waals surface area contributed by atoms with Gasteiger partial charge in [0.05, 0.1) is 0 Å². The van der Waals surface area contributed by atoms with Gasteiger partial charge in [-0.25, -0.2) is 0 Å². The minimum absolute atomic E-state index is 0.356. The van der Waals surface area contributed by atoms with E-state index in [2.05, 4.69) is 0 Å². The topological polar surface area (TPSA) is 35.2 Å². The normalized spacial score (nSPS) is 13.5. The van der Waals surface area contributed by atoms with Crippen LogP contribution in [0.4, 0.5) is 13.2 Å². The minimum atomic E-state index is -4.34. The highest BCUT2D eigenvalue weighted by Gasteiger charge is 2.39. The number of alkyl halides is 3. The lowest BCUT2D eigenvalue weighted by Gasteiger charge is -2.19. The summed E-state index contributed by atoms with van der Waals surface area (Å²) < 4.78 is 42.2. The van der Waals surface area contributed by atoms with Crippen molar-refractivity contribution in [2.75, 3.05) is 13.2 Å². The molecule has 17 heavy (non-hydrogen) atoms. The van der Waals surface area contributed by atoms with Gasteiger partial charge in [0, 0.05) is 11.6 Å². The maximum atomic E-state index is 12.4. The summed E-state index contributed by atoms with van der Waals surface area (Å²) in [6.45, 7) is 0.774. The Hall–Kier alpha value is -0.940. The fourth-order valence-electron chi connectivity index (χ4n) is 1.20. The summed E-state index contributed by atoms with van der Waals surface area (Å²) in [5, 5.41) is 0.545. The highest BCUT2D eigenvalue weighted by Crippen LogP contribution is 2.27. The molecule has 0 saturated carbocycles. The highest BCUT2D eigenvalue weighted by atomic mass is 35.5. The lowest BCUT2D eigenvalue weighted by molar-refractivity contribution is -0.178. The molecule has 2 N–H and O–H groups in total. The summed E-state index contributed by atoms with van der Waals surface area (Å²) in [6.07, 6.45) is -4.34. The summed E-state index contributed by atoms with van der Waals surface area (Å²) in [7, 11) is 0. The van der Waals surface area contributed by atoms with Crippen molar-refractivity contribution in [3.63, 3.8) is 0 Å². The summed E-state index contributed by atoms with van der Waals surface area (Å²) in [5.41, 5.74) is 5.81. The van der Waals surface area contributed by atoms with Crippen molar-refractivity contribution in [2.45, 2.75) is 13.1 Å². The van der Waals surface area contributed by atoms with Crippen molar-refractivity contribution >= 4 is 11.6 Å². The smallest absolute Gasteiger partial charge is 0.396 e. The van der Waals surface area contributed by atoms with Crippen LogP contribution in [0, 0.1) is 12.8 Å². The zero-order chi connectivity index (χ0) is 13.1. The molecule has 0 amide bonds. The van der Waals surface area contributed by atoms with Crippen LogP contribution in [0.5, 0.6) is 5.75 Å². The van der Waals surface area contributed by atoms with Crippen molar-refractivity contribution in [1.82, 2.24) is 0 Å². The van der Waals surface area contributed by atoms with Crippen LogP contribution >= 0.6 is 11.6 Å². The zero-order valence-electron chi connectivity index (χ0n) is 9.22. The average Bonchev–Trinajstić information content (AvgIpc) is 2.22. The van der Waals surface area contributed by atoms with Crippen molar-refractivity contribution in [3.05, 3.63) is 28.8 Å².